The van der Waals surface area contributed by atoms with Crippen molar-refractivity contribution in [2.45, 2.75) is 32.2 Å². The van der Waals surface area contributed by atoms with Crippen molar-refractivity contribution in [3.63, 3.8) is 0 Å². The van der Waals surface area contributed by atoms with E-state index in [1.165, 1.54) is 29.3 Å². The fraction of sp³-hybridized carbons (Fsp3) is 0.314. The summed E-state index contributed by atoms with van der Waals surface area (Å²) >= 11 is 0. The summed E-state index contributed by atoms with van der Waals surface area (Å²) in [4.78, 5) is 41.5. The van der Waals surface area contributed by atoms with Crippen LogP contribution in [0.3, 0.4) is 0 Å². The van der Waals surface area contributed by atoms with Gasteiger partial charge in [-0.15, -0.1) is 24.8 Å². The molecule has 1 saturated heterocycles. The third-order valence-electron chi connectivity index (χ3n) is 8.48. The number of piperazine rings is 1. The minimum absolute atomic E-state index is 0. The first-order valence-corrected chi connectivity index (χ1v) is 15.1. The lowest BCUT2D eigenvalue weighted by atomic mass is 9.80. The van der Waals surface area contributed by atoms with Crippen LogP contribution in [-0.4, -0.2) is 71.1 Å². The number of benzene rings is 3. The maximum atomic E-state index is 13.4. The number of nitro benzene ring substituents is 1. The topological polar surface area (TPSA) is 125 Å². The van der Waals surface area contributed by atoms with Gasteiger partial charge in [-0.2, -0.15) is 0 Å². The number of nitrogens with one attached hydrogen (secondary N) is 1. The number of nitro groups is 1. The number of nitrogens with zero attached hydrogens (tertiary/aromatic N) is 3. The molecule has 0 spiro atoms. The molecule has 1 fully saturated rings. The number of non-ortho nitro benzene ring substituents is 1. The molecule has 0 aliphatic carbocycles. The Morgan fingerprint density at radius 2 is 1.47 bits per heavy atom. The Kier molecular flexibility index (Phi) is 13.5. The molecule has 2 aliphatic rings. The highest BCUT2D eigenvalue weighted by atomic mass is 35.5. The Bertz CT molecular complexity index is 1570. The number of halogens is 2. The Morgan fingerprint density at radius 3 is 2.02 bits per heavy atom. The lowest BCUT2D eigenvalue weighted by Gasteiger charge is -2.39. The molecule has 2 aliphatic heterocycles. The van der Waals surface area contributed by atoms with Gasteiger partial charge in [-0.1, -0.05) is 72.8 Å². The predicted octanol–water partition coefficient (Wildman–Crippen LogP) is 6.10. The lowest BCUT2D eigenvalue weighted by Crippen LogP contribution is -2.48. The van der Waals surface area contributed by atoms with Crippen molar-refractivity contribution in [3.8, 4) is 0 Å². The van der Waals surface area contributed by atoms with E-state index in [1.807, 2.05) is 12.1 Å². The van der Waals surface area contributed by atoms with Crippen LogP contribution in [0.4, 0.5) is 5.69 Å². The molecule has 1 atom stereocenters. The highest BCUT2D eigenvalue weighted by molar-refractivity contribution is 5.99. The monoisotopic (exact) mass is 682 g/mol. The highest BCUT2D eigenvalue weighted by Gasteiger charge is 2.38. The highest BCUT2D eigenvalue weighted by Crippen LogP contribution is 2.39. The van der Waals surface area contributed by atoms with E-state index in [0.717, 1.165) is 32.7 Å². The van der Waals surface area contributed by atoms with Gasteiger partial charge in [0.05, 0.1) is 34.6 Å². The number of carbonyl (C=O) groups is 2. The molecule has 10 nitrogen and oxygen atoms in total. The summed E-state index contributed by atoms with van der Waals surface area (Å²) in [6, 6.07) is 27.0. The van der Waals surface area contributed by atoms with Gasteiger partial charge in [0.1, 0.15) is 0 Å². The molecule has 3 aromatic rings. The number of hydrogen-bond acceptors (Lipinski definition) is 8. The minimum atomic E-state index is -1.21. The summed E-state index contributed by atoms with van der Waals surface area (Å²) in [5.74, 6) is -2.86. The first-order chi connectivity index (χ1) is 21.7. The van der Waals surface area contributed by atoms with Crippen molar-refractivity contribution < 1.29 is 24.4 Å². The number of carboxylic acids is 1. The number of ether oxygens (including phenoxy) is 1. The van der Waals surface area contributed by atoms with E-state index in [4.69, 9.17) is 4.74 Å². The Labute approximate surface area is 287 Å². The Balaban J connectivity index is 0.00000300. The summed E-state index contributed by atoms with van der Waals surface area (Å²) in [6.07, 6.45) is 0.619. The first-order valence-electron chi connectivity index (χ1n) is 15.1. The molecule has 0 amide bonds. The third kappa shape index (κ3) is 8.78. The van der Waals surface area contributed by atoms with Gasteiger partial charge in [-0.25, -0.2) is 9.59 Å². The number of dihydropyridines is 1. The van der Waals surface area contributed by atoms with Crippen LogP contribution in [0.2, 0.25) is 0 Å². The molecule has 3 aromatic carbocycles. The number of hydrogen-bond donors (Lipinski definition) is 2. The molecule has 2 N–H and O–H groups in total. The molecule has 0 bridgehead atoms. The number of aliphatic carboxylic acids is 1. The maximum Gasteiger partial charge on any atom is 0.336 e. The van der Waals surface area contributed by atoms with Gasteiger partial charge < -0.3 is 20.1 Å². The van der Waals surface area contributed by atoms with E-state index in [1.54, 1.807) is 19.9 Å². The quantitative estimate of drug-likeness (QED) is 0.107. The summed E-state index contributed by atoms with van der Waals surface area (Å²) in [6.45, 7) is 7.80. The molecule has 2 heterocycles. The zero-order valence-electron chi connectivity index (χ0n) is 26.3. The predicted molar refractivity (Wildman–Crippen MR) is 185 cm³/mol. The van der Waals surface area contributed by atoms with Crippen LogP contribution < -0.4 is 5.32 Å². The van der Waals surface area contributed by atoms with Crippen LogP contribution in [0.1, 0.15) is 48.9 Å². The average molecular weight is 684 g/mol. The molecule has 250 valence electrons. The normalized spacial score (nSPS) is 17.0. The third-order valence-corrected chi connectivity index (χ3v) is 8.48. The van der Waals surface area contributed by atoms with Gasteiger partial charge in [0, 0.05) is 56.3 Å². The molecular weight excluding hydrogens is 643 g/mol. The smallest absolute Gasteiger partial charge is 0.336 e. The van der Waals surface area contributed by atoms with Crippen LogP contribution in [0, 0.1) is 10.1 Å². The lowest BCUT2D eigenvalue weighted by molar-refractivity contribution is -0.384. The summed E-state index contributed by atoms with van der Waals surface area (Å²) < 4.78 is 5.69. The Morgan fingerprint density at radius 1 is 0.894 bits per heavy atom. The molecule has 5 rings (SSSR count). The standard InChI is InChI=1S/C35H38N4O6.2ClH/c1-24-30(34(40)41)32(28-15-9-16-29(23-28)39(43)44)31(25(2)36-24)35(42)45-22-10-17-37-18-20-38(21-19-37)33(26-11-5-3-6-12-26)27-13-7-4-8-14-27;;/h3-9,11-16,23,32-33,36H,10,17-22H2,1-2H3,(H,40,41);2*1H. The van der Waals surface area contributed by atoms with Gasteiger partial charge in [-0.3, -0.25) is 15.0 Å². The molecular formula is C35H40Cl2N4O6. The maximum absolute atomic E-state index is 13.4. The van der Waals surface area contributed by atoms with Gasteiger partial charge in [0.2, 0.25) is 0 Å². The fourth-order valence-electron chi connectivity index (χ4n) is 6.36. The van der Waals surface area contributed by atoms with Crippen molar-refractivity contribution in [3.05, 3.63) is 134 Å². The summed E-state index contributed by atoms with van der Waals surface area (Å²) in [7, 11) is 0. The molecule has 0 radical (unpaired) electrons. The second kappa shape index (κ2) is 17.1. The van der Waals surface area contributed by atoms with Gasteiger partial charge in [0.25, 0.3) is 5.69 Å². The van der Waals surface area contributed by atoms with Crippen LogP contribution in [0.5, 0.6) is 0 Å². The van der Waals surface area contributed by atoms with Crippen LogP contribution in [0.25, 0.3) is 0 Å². The number of carbonyl (C=O) groups excluding carboxylic acids is 1. The summed E-state index contributed by atoms with van der Waals surface area (Å²) in [5, 5.41) is 24.5. The van der Waals surface area contributed by atoms with E-state index in [2.05, 4.69) is 63.6 Å². The molecule has 0 aromatic heterocycles. The Hall–Kier alpha value is -4.22. The zero-order chi connectivity index (χ0) is 31.9. The average Bonchev–Trinajstić information content (AvgIpc) is 3.04. The van der Waals surface area contributed by atoms with E-state index in [9.17, 15) is 24.8 Å². The molecule has 47 heavy (non-hydrogen) atoms. The van der Waals surface area contributed by atoms with E-state index in [-0.39, 0.29) is 54.3 Å². The van der Waals surface area contributed by atoms with Gasteiger partial charge >= 0.3 is 11.9 Å². The second-order valence-corrected chi connectivity index (χ2v) is 11.4. The van der Waals surface area contributed by atoms with Gasteiger partial charge in [0.15, 0.2) is 0 Å². The number of esters is 1. The summed E-state index contributed by atoms with van der Waals surface area (Å²) in [5.41, 5.74) is 3.62. The van der Waals surface area contributed by atoms with E-state index >= 15 is 0 Å². The fourth-order valence-corrected chi connectivity index (χ4v) is 6.36. The molecule has 12 heteroatoms. The first kappa shape index (κ1) is 37.2. The van der Waals surface area contributed by atoms with Crippen LogP contribution in [-0.2, 0) is 14.3 Å². The number of allylic oxidation sites excluding steroid dienone is 2. The molecule has 0 saturated carbocycles. The number of carboxylic acid groups (broad SMARTS) is 1. The van der Waals surface area contributed by atoms with Crippen molar-refractivity contribution in [1.29, 1.82) is 0 Å². The van der Waals surface area contributed by atoms with Gasteiger partial charge in [-0.05, 0) is 37.0 Å². The van der Waals surface area contributed by atoms with Crippen molar-refractivity contribution >= 4 is 42.4 Å². The van der Waals surface area contributed by atoms with Crippen molar-refractivity contribution in [2.75, 3.05) is 39.3 Å². The molecule has 1 unspecified atom stereocenters. The minimum Gasteiger partial charge on any atom is -0.478 e. The zero-order valence-corrected chi connectivity index (χ0v) is 28.0. The largest absolute Gasteiger partial charge is 0.478 e. The SMILES string of the molecule is CC1=C(C(=O)O)C(c2cccc([N+](=O)[O-])c2)C(C(=O)OCCCN2CCN(C(c3ccccc3)c3ccccc3)CC2)=C(C)N1.Cl.Cl. The van der Waals surface area contributed by atoms with E-state index in [0.29, 0.717) is 23.4 Å². The second-order valence-electron chi connectivity index (χ2n) is 11.4. The van der Waals surface area contributed by atoms with Crippen molar-refractivity contribution in [2.24, 2.45) is 0 Å². The van der Waals surface area contributed by atoms with Crippen LogP contribution >= 0.6 is 24.8 Å². The van der Waals surface area contributed by atoms with E-state index < -0.39 is 22.8 Å². The van der Waals surface area contributed by atoms with Crippen molar-refractivity contribution in [1.82, 2.24) is 15.1 Å². The van der Waals surface area contributed by atoms with Crippen LogP contribution in [0.15, 0.2) is 107 Å². The number of rotatable bonds is 11.